The number of carbonyl (C=O) groups is 1. The summed E-state index contributed by atoms with van der Waals surface area (Å²) in [6.45, 7) is 0.133. The molecule has 0 atom stereocenters. The molecule has 2 N–H and O–H groups in total. The predicted octanol–water partition coefficient (Wildman–Crippen LogP) is 3.99. The van der Waals surface area contributed by atoms with Crippen molar-refractivity contribution in [2.45, 2.75) is 6.54 Å². The van der Waals surface area contributed by atoms with Gasteiger partial charge in [0.1, 0.15) is 6.54 Å². The van der Waals surface area contributed by atoms with Crippen LogP contribution in [-0.4, -0.2) is 15.5 Å². The number of nitrogens with zero attached hydrogens (tertiary/aromatic N) is 1. The van der Waals surface area contributed by atoms with Crippen LogP contribution in [0.2, 0.25) is 5.02 Å². The summed E-state index contributed by atoms with van der Waals surface area (Å²) in [6.07, 6.45) is 0. The van der Waals surface area contributed by atoms with E-state index in [0.29, 0.717) is 15.5 Å². The maximum absolute atomic E-state index is 12.2. The fourth-order valence-corrected chi connectivity index (χ4v) is 2.62. The van der Waals surface area contributed by atoms with Gasteiger partial charge >= 0.3 is 0 Å². The second-order valence-corrected chi connectivity index (χ2v) is 5.36. The maximum atomic E-state index is 12.2. The molecule has 3 rings (SSSR count). The molecule has 0 aliphatic rings. The predicted molar refractivity (Wildman–Crippen MR) is 87.2 cm³/mol. The fraction of sp³-hybridized carbons (Fsp3) is 0.0667. The van der Waals surface area contributed by atoms with Crippen LogP contribution in [0.5, 0.6) is 0 Å². The molecule has 0 saturated heterocycles. The average molecular weight is 318 g/mol. The highest BCUT2D eigenvalue weighted by Gasteiger charge is 2.10. The van der Waals surface area contributed by atoms with E-state index in [4.69, 9.17) is 23.8 Å². The molecule has 0 spiro atoms. The van der Waals surface area contributed by atoms with Crippen LogP contribution < -0.4 is 5.32 Å². The first kappa shape index (κ1) is 13.9. The Morgan fingerprint density at radius 2 is 1.90 bits per heavy atom. The van der Waals surface area contributed by atoms with Crippen molar-refractivity contribution >= 4 is 46.4 Å². The molecule has 0 bridgehead atoms. The van der Waals surface area contributed by atoms with Gasteiger partial charge in [-0.05, 0) is 36.5 Å². The van der Waals surface area contributed by atoms with E-state index >= 15 is 0 Å². The highest BCUT2D eigenvalue weighted by atomic mass is 35.5. The van der Waals surface area contributed by atoms with Crippen molar-refractivity contribution in [3.05, 3.63) is 58.3 Å². The average Bonchev–Trinajstić information content (AvgIpc) is 2.78. The van der Waals surface area contributed by atoms with E-state index in [2.05, 4.69) is 10.3 Å². The number of hydrogen-bond acceptors (Lipinski definition) is 2. The smallest absolute Gasteiger partial charge is 0.244 e. The Morgan fingerprint density at radius 3 is 2.71 bits per heavy atom. The molecule has 2 aromatic carbocycles. The third-order valence-electron chi connectivity index (χ3n) is 3.13. The first-order valence-electron chi connectivity index (χ1n) is 6.37. The first-order valence-corrected chi connectivity index (χ1v) is 7.16. The number of imidazole rings is 1. The molecule has 6 heteroatoms. The number of H-pyrrole nitrogens is 1. The van der Waals surface area contributed by atoms with Gasteiger partial charge < -0.3 is 14.9 Å². The minimum atomic E-state index is -0.177. The van der Waals surface area contributed by atoms with Crippen molar-refractivity contribution in [1.29, 1.82) is 0 Å². The van der Waals surface area contributed by atoms with E-state index in [9.17, 15) is 4.79 Å². The van der Waals surface area contributed by atoms with Crippen LogP contribution in [0.3, 0.4) is 0 Å². The Balaban J connectivity index is 1.86. The first-order chi connectivity index (χ1) is 10.1. The van der Waals surface area contributed by atoms with Gasteiger partial charge in [0, 0.05) is 0 Å². The standard InChI is InChI=1S/C15H12ClN3OS/c16-10-5-1-2-6-11(10)17-14(20)9-19-13-8-4-3-7-12(13)18-15(19)21/h1-8H,9H2,(H,17,20)(H,18,21). The van der Waals surface area contributed by atoms with E-state index in [1.54, 1.807) is 16.7 Å². The number of aromatic nitrogens is 2. The van der Waals surface area contributed by atoms with Crippen molar-refractivity contribution in [1.82, 2.24) is 9.55 Å². The molecule has 0 aliphatic heterocycles. The van der Waals surface area contributed by atoms with Gasteiger partial charge in [0.25, 0.3) is 0 Å². The highest BCUT2D eigenvalue weighted by Crippen LogP contribution is 2.20. The zero-order valence-electron chi connectivity index (χ0n) is 11.0. The van der Waals surface area contributed by atoms with E-state index in [1.165, 1.54) is 0 Å². The fourth-order valence-electron chi connectivity index (χ4n) is 2.16. The lowest BCUT2D eigenvalue weighted by Gasteiger charge is -2.08. The van der Waals surface area contributed by atoms with Gasteiger partial charge in [-0.15, -0.1) is 0 Å². The van der Waals surface area contributed by atoms with Crippen LogP contribution in [0.4, 0.5) is 5.69 Å². The number of rotatable bonds is 3. The second kappa shape index (κ2) is 5.71. The molecule has 1 amide bonds. The zero-order chi connectivity index (χ0) is 14.8. The molecular formula is C15H12ClN3OS. The molecule has 106 valence electrons. The van der Waals surface area contributed by atoms with Gasteiger partial charge in [-0.25, -0.2) is 0 Å². The molecular weight excluding hydrogens is 306 g/mol. The zero-order valence-corrected chi connectivity index (χ0v) is 12.5. The Morgan fingerprint density at radius 1 is 1.19 bits per heavy atom. The third kappa shape index (κ3) is 2.84. The largest absolute Gasteiger partial charge is 0.331 e. The SMILES string of the molecule is O=C(Cn1c(=S)[nH]c2ccccc21)Nc1ccccc1Cl. The number of para-hydroxylation sites is 3. The van der Waals surface area contributed by atoms with Crippen molar-refractivity contribution < 1.29 is 4.79 Å². The molecule has 1 aromatic heterocycles. The quantitative estimate of drug-likeness (QED) is 0.718. The van der Waals surface area contributed by atoms with Crippen LogP contribution >= 0.6 is 23.8 Å². The van der Waals surface area contributed by atoms with Gasteiger partial charge in [0.05, 0.1) is 21.7 Å². The molecule has 1 heterocycles. The van der Waals surface area contributed by atoms with E-state index in [1.807, 2.05) is 36.4 Å². The maximum Gasteiger partial charge on any atom is 0.244 e. The molecule has 0 radical (unpaired) electrons. The normalized spacial score (nSPS) is 10.7. The second-order valence-electron chi connectivity index (χ2n) is 4.56. The molecule has 0 aliphatic carbocycles. The number of halogens is 1. The van der Waals surface area contributed by atoms with Crippen LogP contribution in [0, 0.1) is 4.77 Å². The number of aromatic amines is 1. The van der Waals surface area contributed by atoms with Crippen LogP contribution in [0.25, 0.3) is 11.0 Å². The van der Waals surface area contributed by atoms with Gasteiger partial charge in [-0.1, -0.05) is 35.9 Å². The van der Waals surface area contributed by atoms with Gasteiger partial charge in [-0.2, -0.15) is 0 Å². The number of benzene rings is 2. The minimum absolute atomic E-state index is 0.133. The summed E-state index contributed by atoms with van der Waals surface area (Å²) in [4.78, 5) is 15.3. The van der Waals surface area contributed by atoms with Gasteiger partial charge in [0.15, 0.2) is 4.77 Å². The summed E-state index contributed by atoms with van der Waals surface area (Å²) in [5, 5.41) is 3.30. The Kier molecular flexibility index (Phi) is 3.77. The highest BCUT2D eigenvalue weighted by molar-refractivity contribution is 7.71. The summed E-state index contributed by atoms with van der Waals surface area (Å²) in [5.74, 6) is -0.177. The topological polar surface area (TPSA) is 49.8 Å². The molecule has 3 aromatic rings. The van der Waals surface area contributed by atoms with Crippen molar-refractivity contribution in [2.24, 2.45) is 0 Å². The Hall–Kier alpha value is -2.11. The monoisotopic (exact) mass is 317 g/mol. The van der Waals surface area contributed by atoms with E-state index in [-0.39, 0.29) is 12.5 Å². The number of amides is 1. The lowest BCUT2D eigenvalue weighted by Crippen LogP contribution is -2.19. The summed E-state index contributed by atoms with van der Waals surface area (Å²) in [7, 11) is 0. The number of fused-ring (bicyclic) bond motifs is 1. The summed E-state index contributed by atoms with van der Waals surface area (Å²) >= 11 is 11.3. The van der Waals surface area contributed by atoms with Gasteiger partial charge in [-0.3, -0.25) is 4.79 Å². The number of carbonyl (C=O) groups excluding carboxylic acids is 1. The van der Waals surface area contributed by atoms with Crippen LogP contribution in [0.1, 0.15) is 0 Å². The number of anilines is 1. The molecule has 4 nitrogen and oxygen atoms in total. The minimum Gasteiger partial charge on any atom is -0.331 e. The lowest BCUT2D eigenvalue weighted by atomic mass is 10.3. The van der Waals surface area contributed by atoms with Gasteiger partial charge in [0.2, 0.25) is 5.91 Å². The van der Waals surface area contributed by atoms with Crippen molar-refractivity contribution in [3.63, 3.8) is 0 Å². The molecule has 0 unspecified atom stereocenters. The third-order valence-corrected chi connectivity index (χ3v) is 3.78. The molecule has 0 saturated carbocycles. The summed E-state index contributed by atoms with van der Waals surface area (Å²) in [5.41, 5.74) is 2.40. The molecule has 0 fully saturated rings. The summed E-state index contributed by atoms with van der Waals surface area (Å²) < 4.78 is 2.28. The lowest BCUT2D eigenvalue weighted by molar-refractivity contribution is -0.116. The van der Waals surface area contributed by atoms with Crippen molar-refractivity contribution in [3.8, 4) is 0 Å². The number of nitrogens with one attached hydrogen (secondary N) is 2. The van der Waals surface area contributed by atoms with Crippen LogP contribution in [-0.2, 0) is 11.3 Å². The number of hydrogen-bond donors (Lipinski definition) is 2. The van der Waals surface area contributed by atoms with Crippen molar-refractivity contribution in [2.75, 3.05) is 5.32 Å². The molecule has 21 heavy (non-hydrogen) atoms. The Labute approximate surface area is 131 Å². The Bertz CT molecular complexity index is 868. The summed E-state index contributed by atoms with van der Waals surface area (Å²) in [6, 6.07) is 14.8. The van der Waals surface area contributed by atoms with Crippen LogP contribution in [0.15, 0.2) is 48.5 Å². The van der Waals surface area contributed by atoms with E-state index < -0.39 is 0 Å². The van der Waals surface area contributed by atoms with E-state index in [0.717, 1.165) is 11.0 Å².